The Balaban J connectivity index is 2.86. The van der Waals surface area contributed by atoms with Gasteiger partial charge in [-0.2, -0.15) is 0 Å². The topological polar surface area (TPSA) is 42.2 Å². The van der Waals surface area contributed by atoms with Crippen LogP contribution >= 0.6 is 0 Å². The second kappa shape index (κ2) is 5.79. The lowest BCUT2D eigenvalue weighted by Crippen LogP contribution is -2.14. The van der Waals surface area contributed by atoms with Gasteiger partial charge in [-0.3, -0.25) is 0 Å². The summed E-state index contributed by atoms with van der Waals surface area (Å²) < 4.78 is 2.23. The highest BCUT2D eigenvalue weighted by Crippen LogP contribution is 2.36. The molecule has 22 heavy (non-hydrogen) atoms. The Kier molecular flexibility index (Phi) is 4.37. The highest BCUT2D eigenvalue weighted by atomic mass is 16.4. The Labute approximate surface area is 133 Å². The number of unbranched alkanes of at least 4 members (excludes halogenated alkanes) is 1. The summed E-state index contributed by atoms with van der Waals surface area (Å²) in [6.07, 6.45) is 3.27. The molecule has 1 N–H and O–H groups in total. The zero-order valence-corrected chi connectivity index (χ0v) is 14.6. The monoisotopic (exact) mass is 301 g/mol. The number of carboxylic acid groups (broad SMARTS) is 1. The van der Waals surface area contributed by atoms with Gasteiger partial charge in [0.15, 0.2) is 0 Å². The van der Waals surface area contributed by atoms with E-state index in [1.165, 1.54) is 16.8 Å². The van der Waals surface area contributed by atoms with Crippen LogP contribution in [0.15, 0.2) is 12.1 Å². The highest BCUT2D eigenvalue weighted by molar-refractivity contribution is 5.97. The maximum absolute atomic E-state index is 11.5. The fourth-order valence-electron chi connectivity index (χ4n) is 3.16. The number of fused-ring (bicyclic) bond motifs is 1. The second-order valence-electron chi connectivity index (χ2n) is 7.20. The summed E-state index contributed by atoms with van der Waals surface area (Å²) in [7, 11) is 2.09. The summed E-state index contributed by atoms with van der Waals surface area (Å²) >= 11 is 0. The van der Waals surface area contributed by atoms with Crippen LogP contribution in [0.5, 0.6) is 0 Å². The van der Waals surface area contributed by atoms with Crippen molar-refractivity contribution < 1.29 is 9.90 Å². The Bertz CT molecular complexity index is 717. The first-order valence-electron chi connectivity index (χ1n) is 8.04. The van der Waals surface area contributed by atoms with Crippen molar-refractivity contribution in [1.82, 2.24) is 4.57 Å². The normalized spacial score (nSPS) is 12.1. The minimum Gasteiger partial charge on any atom is -0.478 e. The Morgan fingerprint density at radius 3 is 2.41 bits per heavy atom. The molecule has 0 atom stereocenters. The van der Waals surface area contributed by atoms with Crippen LogP contribution in [-0.4, -0.2) is 15.6 Å². The molecule has 0 aliphatic rings. The Morgan fingerprint density at radius 1 is 1.27 bits per heavy atom. The molecule has 0 aliphatic heterocycles. The number of nitrogens with zero attached hydrogens (tertiary/aromatic N) is 1. The molecule has 0 radical (unpaired) electrons. The molecule has 0 saturated heterocycles. The summed E-state index contributed by atoms with van der Waals surface area (Å²) in [5.74, 6) is -0.852. The van der Waals surface area contributed by atoms with Crippen LogP contribution in [0, 0.1) is 6.92 Å². The summed E-state index contributed by atoms with van der Waals surface area (Å²) in [4.78, 5) is 11.5. The molecular formula is C19H27NO2. The first-order valence-corrected chi connectivity index (χ1v) is 8.04. The molecule has 0 unspecified atom stereocenters. The maximum atomic E-state index is 11.5. The number of rotatable bonds is 4. The number of hydrogen-bond acceptors (Lipinski definition) is 1. The summed E-state index contributed by atoms with van der Waals surface area (Å²) in [6, 6.07) is 3.69. The van der Waals surface area contributed by atoms with E-state index < -0.39 is 5.97 Å². The van der Waals surface area contributed by atoms with E-state index in [2.05, 4.69) is 46.2 Å². The van der Waals surface area contributed by atoms with E-state index in [9.17, 15) is 9.90 Å². The van der Waals surface area contributed by atoms with Crippen LogP contribution in [0.1, 0.15) is 67.7 Å². The lowest BCUT2D eigenvalue weighted by Gasteiger charge is -2.22. The molecule has 0 saturated carbocycles. The van der Waals surface area contributed by atoms with Gasteiger partial charge in [0.1, 0.15) is 0 Å². The number of aromatic carboxylic acids is 1. The SMILES string of the molecule is CCCCc1c(C)n(C)c2c(C(C)(C)C)cc(C(=O)O)cc12. The summed E-state index contributed by atoms with van der Waals surface area (Å²) in [5.41, 5.74) is 5.13. The molecule has 2 aromatic rings. The van der Waals surface area contributed by atoms with Gasteiger partial charge in [-0.05, 0) is 48.4 Å². The van der Waals surface area contributed by atoms with Gasteiger partial charge in [0.05, 0.1) is 11.1 Å². The molecule has 0 aliphatic carbocycles. The Morgan fingerprint density at radius 2 is 1.91 bits per heavy atom. The summed E-state index contributed by atoms with van der Waals surface area (Å²) in [6.45, 7) is 10.7. The summed E-state index contributed by atoms with van der Waals surface area (Å²) in [5, 5.41) is 10.6. The first-order chi connectivity index (χ1) is 10.2. The van der Waals surface area contributed by atoms with E-state index in [1.54, 1.807) is 0 Å². The quantitative estimate of drug-likeness (QED) is 0.879. The average Bonchev–Trinajstić information content (AvgIpc) is 2.67. The number of carboxylic acids is 1. The van der Waals surface area contributed by atoms with Gasteiger partial charge in [0, 0.05) is 18.1 Å². The minimum absolute atomic E-state index is 0.0930. The minimum atomic E-state index is -0.852. The largest absolute Gasteiger partial charge is 0.478 e. The molecule has 2 rings (SSSR count). The number of aromatic nitrogens is 1. The van der Waals surface area contributed by atoms with E-state index in [4.69, 9.17) is 0 Å². The molecule has 0 bridgehead atoms. The molecule has 3 nitrogen and oxygen atoms in total. The van der Waals surface area contributed by atoms with Gasteiger partial charge in [0.2, 0.25) is 0 Å². The van der Waals surface area contributed by atoms with Crippen molar-refractivity contribution in [2.45, 2.75) is 59.3 Å². The second-order valence-corrected chi connectivity index (χ2v) is 7.20. The van der Waals surface area contributed by atoms with Crippen molar-refractivity contribution in [1.29, 1.82) is 0 Å². The van der Waals surface area contributed by atoms with Crippen LogP contribution in [-0.2, 0) is 18.9 Å². The lowest BCUT2D eigenvalue weighted by molar-refractivity contribution is 0.0697. The molecule has 1 heterocycles. The third kappa shape index (κ3) is 2.77. The molecule has 1 aromatic carbocycles. The van der Waals surface area contributed by atoms with Gasteiger partial charge in [0.25, 0.3) is 0 Å². The van der Waals surface area contributed by atoms with E-state index in [0.29, 0.717) is 5.56 Å². The molecule has 0 spiro atoms. The fraction of sp³-hybridized carbons (Fsp3) is 0.526. The van der Waals surface area contributed by atoms with Crippen LogP contribution in [0.2, 0.25) is 0 Å². The van der Waals surface area contributed by atoms with Crippen molar-refractivity contribution >= 4 is 16.9 Å². The molecule has 0 fully saturated rings. The van der Waals surface area contributed by atoms with Gasteiger partial charge in [-0.1, -0.05) is 34.1 Å². The average molecular weight is 301 g/mol. The van der Waals surface area contributed by atoms with Gasteiger partial charge in [-0.15, -0.1) is 0 Å². The predicted molar refractivity (Wildman–Crippen MR) is 91.9 cm³/mol. The third-order valence-corrected chi connectivity index (χ3v) is 4.55. The highest BCUT2D eigenvalue weighted by Gasteiger charge is 2.24. The maximum Gasteiger partial charge on any atom is 0.335 e. The van der Waals surface area contributed by atoms with E-state index >= 15 is 0 Å². The molecule has 1 aromatic heterocycles. The van der Waals surface area contributed by atoms with Gasteiger partial charge in [-0.25, -0.2) is 4.79 Å². The van der Waals surface area contributed by atoms with Crippen LogP contribution in [0.25, 0.3) is 10.9 Å². The van der Waals surface area contributed by atoms with Crippen LogP contribution < -0.4 is 0 Å². The molecule has 0 amide bonds. The van der Waals surface area contributed by atoms with Crippen molar-refractivity contribution in [3.05, 3.63) is 34.5 Å². The number of hydrogen-bond donors (Lipinski definition) is 1. The van der Waals surface area contributed by atoms with Crippen LogP contribution in [0.4, 0.5) is 0 Å². The fourth-order valence-corrected chi connectivity index (χ4v) is 3.16. The number of benzene rings is 1. The van der Waals surface area contributed by atoms with Gasteiger partial charge >= 0.3 is 5.97 Å². The van der Waals surface area contributed by atoms with Crippen LogP contribution in [0.3, 0.4) is 0 Å². The van der Waals surface area contributed by atoms with Crippen molar-refractivity contribution in [2.24, 2.45) is 7.05 Å². The zero-order chi connectivity index (χ0) is 16.7. The van der Waals surface area contributed by atoms with Crippen molar-refractivity contribution in [3.63, 3.8) is 0 Å². The third-order valence-electron chi connectivity index (χ3n) is 4.55. The molecular weight excluding hydrogens is 274 g/mol. The van der Waals surface area contributed by atoms with Crippen molar-refractivity contribution in [2.75, 3.05) is 0 Å². The smallest absolute Gasteiger partial charge is 0.335 e. The zero-order valence-electron chi connectivity index (χ0n) is 14.6. The van der Waals surface area contributed by atoms with E-state index in [0.717, 1.165) is 30.2 Å². The molecule has 120 valence electrons. The van der Waals surface area contributed by atoms with Gasteiger partial charge < -0.3 is 9.67 Å². The van der Waals surface area contributed by atoms with Crippen molar-refractivity contribution in [3.8, 4) is 0 Å². The first kappa shape index (κ1) is 16.6. The molecule has 3 heteroatoms. The standard InChI is InChI=1S/C19H27NO2/c1-7-8-9-14-12(2)20(6)17-15(14)10-13(18(21)22)11-16(17)19(3,4)5/h10-11H,7-9H2,1-6H3,(H,21,22). The van der Waals surface area contributed by atoms with E-state index in [-0.39, 0.29) is 5.41 Å². The Hall–Kier alpha value is -1.77. The number of carbonyl (C=O) groups is 1. The predicted octanol–water partition coefficient (Wildman–Crippen LogP) is 4.83. The number of aryl methyl sites for hydroxylation is 2. The van der Waals surface area contributed by atoms with E-state index in [1.807, 2.05) is 12.1 Å². The lowest BCUT2D eigenvalue weighted by atomic mass is 9.84.